The number of nitrogens with zero attached hydrogens (tertiary/aromatic N) is 3. The molecule has 1 fully saturated rings. The number of halogens is 2. The Morgan fingerprint density at radius 3 is 2.36 bits per heavy atom. The molecule has 28 heavy (non-hydrogen) atoms. The van der Waals surface area contributed by atoms with Gasteiger partial charge >= 0.3 is 5.69 Å². The van der Waals surface area contributed by atoms with Gasteiger partial charge in [0.15, 0.2) is 0 Å². The van der Waals surface area contributed by atoms with Gasteiger partial charge in [-0.3, -0.25) is 14.2 Å². The van der Waals surface area contributed by atoms with Gasteiger partial charge in [0.05, 0.1) is 0 Å². The van der Waals surface area contributed by atoms with Crippen LogP contribution in [0.2, 0.25) is 0 Å². The molecule has 3 N–H and O–H groups in total. The third-order valence-electron chi connectivity index (χ3n) is 4.77. The summed E-state index contributed by atoms with van der Waals surface area (Å²) >= 11 is 0. The molecule has 0 atom stereocenters. The van der Waals surface area contributed by atoms with Gasteiger partial charge in [0.25, 0.3) is 5.56 Å². The minimum absolute atomic E-state index is 0.0220. The highest BCUT2D eigenvalue weighted by molar-refractivity contribution is 5.90. The Morgan fingerprint density at radius 1 is 1.14 bits per heavy atom. The highest BCUT2D eigenvalue weighted by Crippen LogP contribution is 2.21. The van der Waals surface area contributed by atoms with E-state index in [1.165, 1.54) is 7.05 Å². The Kier molecular flexibility index (Phi) is 5.48. The molecule has 2 aromatic rings. The molecule has 8 nitrogen and oxygen atoms in total. The number of nitrogens with two attached hydrogens (primary N) is 1. The average Bonchev–Trinajstić information content (AvgIpc) is 2.68. The highest BCUT2D eigenvalue weighted by Gasteiger charge is 2.23. The lowest BCUT2D eigenvalue weighted by Crippen LogP contribution is -2.46. The van der Waals surface area contributed by atoms with Crippen LogP contribution in [0.4, 0.5) is 26.0 Å². The molecule has 1 aliphatic heterocycles. The summed E-state index contributed by atoms with van der Waals surface area (Å²) in [6.45, 7) is 0.537. The van der Waals surface area contributed by atoms with Crippen LogP contribution >= 0.6 is 0 Å². The number of anilines is 3. The molecule has 1 aliphatic rings. The quantitative estimate of drug-likeness (QED) is 0.808. The topological polar surface area (TPSA) is 102 Å². The Hall–Kier alpha value is -3.17. The Labute approximate surface area is 159 Å². The van der Waals surface area contributed by atoms with Crippen LogP contribution in [0.1, 0.15) is 19.3 Å². The van der Waals surface area contributed by atoms with Gasteiger partial charge in [-0.2, -0.15) is 0 Å². The molecule has 1 amide bonds. The van der Waals surface area contributed by atoms with E-state index >= 15 is 0 Å². The molecule has 2 heterocycles. The molecule has 0 radical (unpaired) electrons. The number of amides is 1. The molecule has 0 spiro atoms. The van der Waals surface area contributed by atoms with Crippen molar-refractivity contribution in [1.82, 2.24) is 9.13 Å². The zero-order valence-electron chi connectivity index (χ0n) is 15.4. The van der Waals surface area contributed by atoms with Crippen molar-refractivity contribution in [2.24, 2.45) is 7.05 Å². The number of aromatic nitrogens is 2. The molecule has 0 unspecified atom stereocenters. The number of nitrogen functional groups attached to an aromatic ring is 1. The number of piperidine rings is 1. The largest absolute Gasteiger partial charge is 0.383 e. The van der Waals surface area contributed by atoms with E-state index in [1.54, 1.807) is 4.90 Å². The van der Waals surface area contributed by atoms with Crippen molar-refractivity contribution < 1.29 is 13.6 Å². The van der Waals surface area contributed by atoms with E-state index < -0.39 is 41.0 Å². The summed E-state index contributed by atoms with van der Waals surface area (Å²) in [5, 5.41) is 2.07. The molecular formula is C18H21F2N5O3. The smallest absolute Gasteiger partial charge is 0.332 e. The fraction of sp³-hybridized carbons (Fsp3) is 0.389. The maximum absolute atomic E-state index is 13.7. The van der Waals surface area contributed by atoms with Gasteiger partial charge in [0.2, 0.25) is 5.91 Å². The van der Waals surface area contributed by atoms with Crippen molar-refractivity contribution in [3.05, 3.63) is 50.7 Å². The molecule has 1 saturated heterocycles. The Balaban J connectivity index is 1.95. The van der Waals surface area contributed by atoms with Gasteiger partial charge < -0.3 is 16.0 Å². The van der Waals surface area contributed by atoms with E-state index in [9.17, 15) is 23.2 Å². The molecule has 1 aromatic heterocycles. The SMILES string of the molecule is Cn1c(N)c(N2CCCCC2)c(=O)n(CC(=O)Nc2c(F)cccc2F)c1=O. The number of hydrogen-bond acceptors (Lipinski definition) is 5. The van der Waals surface area contributed by atoms with Crippen LogP contribution < -0.4 is 27.2 Å². The lowest BCUT2D eigenvalue weighted by molar-refractivity contribution is -0.116. The zero-order valence-corrected chi connectivity index (χ0v) is 15.4. The maximum atomic E-state index is 13.7. The molecule has 0 saturated carbocycles. The molecular weight excluding hydrogens is 372 g/mol. The Bertz CT molecular complexity index is 1000. The molecule has 0 aliphatic carbocycles. The number of rotatable bonds is 4. The number of benzene rings is 1. The van der Waals surface area contributed by atoms with Crippen molar-refractivity contribution in [3.8, 4) is 0 Å². The van der Waals surface area contributed by atoms with E-state index in [1.807, 2.05) is 0 Å². The van der Waals surface area contributed by atoms with Gasteiger partial charge in [-0.25, -0.2) is 18.1 Å². The van der Waals surface area contributed by atoms with Crippen molar-refractivity contribution in [1.29, 1.82) is 0 Å². The lowest BCUT2D eigenvalue weighted by Gasteiger charge is -2.29. The normalized spacial score (nSPS) is 14.2. The van der Waals surface area contributed by atoms with E-state index in [0.29, 0.717) is 17.7 Å². The first kappa shape index (κ1) is 19.6. The predicted molar refractivity (Wildman–Crippen MR) is 101 cm³/mol. The zero-order chi connectivity index (χ0) is 20.4. The summed E-state index contributed by atoms with van der Waals surface area (Å²) in [5.41, 5.74) is 4.02. The van der Waals surface area contributed by atoms with E-state index in [4.69, 9.17) is 5.73 Å². The van der Waals surface area contributed by atoms with E-state index in [2.05, 4.69) is 5.32 Å². The number of carbonyl (C=O) groups excluding carboxylic acids is 1. The van der Waals surface area contributed by atoms with Gasteiger partial charge in [-0.15, -0.1) is 0 Å². The second kappa shape index (κ2) is 7.83. The standard InChI is InChI=1S/C18H21F2N5O3/c1-23-16(21)15(24-8-3-2-4-9-24)17(27)25(18(23)28)10-13(26)22-14-11(19)6-5-7-12(14)20/h5-7H,2-4,8-10,21H2,1H3,(H,22,26). The molecule has 10 heteroatoms. The number of carbonyl (C=O) groups is 1. The van der Waals surface area contributed by atoms with Crippen molar-refractivity contribution in [2.75, 3.05) is 29.0 Å². The summed E-state index contributed by atoms with van der Waals surface area (Å²) in [6.07, 6.45) is 2.80. The first-order valence-corrected chi connectivity index (χ1v) is 8.89. The second-order valence-electron chi connectivity index (χ2n) is 6.66. The summed E-state index contributed by atoms with van der Waals surface area (Å²) in [5.74, 6) is -2.80. The number of para-hydroxylation sites is 1. The Morgan fingerprint density at radius 2 is 1.75 bits per heavy atom. The van der Waals surface area contributed by atoms with E-state index in [0.717, 1.165) is 42.0 Å². The number of hydrogen-bond donors (Lipinski definition) is 2. The lowest BCUT2D eigenvalue weighted by atomic mass is 10.1. The monoisotopic (exact) mass is 393 g/mol. The summed E-state index contributed by atoms with van der Waals surface area (Å²) in [7, 11) is 1.40. The van der Waals surface area contributed by atoms with Crippen molar-refractivity contribution >= 4 is 23.1 Å². The van der Waals surface area contributed by atoms with Crippen LogP contribution in [0.25, 0.3) is 0 Å². The molecule has 1 aromatic carbocycles. The second-order valence-corrected chi connectivity index (χ2v) is 6.66. The summed E-state index contributed by atoms with van der Waals surface area (Å²) < 4.78 is 29.2. The summed E-state index contributed by atoms with van der Waals surface area (Å²) in [6, 6.07) is 3.13. The van der Waals surface area contributed by atoms with Crippen LogP contribution in [0, 0.1) is 11.6 Å². The van der Waals surface area contributed by atoms with Crippen molar-refractivity contribution in [3.63, 3.8) is 0 Å². The van der Waals surface area contributed by atoms with Crippen LogP contribution in [-0.4, -0.2) is 28.1 Å². The highest BCUT2D eigenvalue weighted by atomic mass is 19.1. The minimum Gasteiger partial charge on any atom is -0.383 e. The van der Waals surface area contributed by atoms with Crippen LogP contribution in [0.15, 0.2) is 27.8 Å². The third kappa shape index (κ3) is 3.62. The van der Waals surface area contributed by atoms with Crippen LogP contribution in [0.3, 0.4) is 0 Å². The maximum Gasteiger partial charge on any atom is 0.332 e. The minimum atomic E-state index is -0.958. The predicted octanol–water partition coefficient (Wildman–Crippen LogP) is 1.04. The fourth-order valence-electron chi connectivity index (χ4n) is 3.26. The first-order chi connectivity index (χ1) is 13.3. The molecule has 3 rings (SSSR count). The first-order valence-electron chi connectivity index (χ1n) is 8.89. The van der Waals surface area contributed by atoms with Gasteiger partial charge in [-0.1, -0.05) is 6.07 Å². The van der Waals surface area contributed by atoms with Gasteiger partial charge in [0.1, 0.15) is 35.4 Å². The van der Waals surface area contributed by atoms with Crippen molar-refractivity contribution in [2.45, 2.75) is 25.8 Å². The average molecular weight is 393 g/mol. The molecule has 150 valence electrons. The van der Waals surface area contributed by atoms with Crippen LogP contribution in [-0.2, 0) is 18.4 Å². The third-order valence-corrected chi connectivity index (χ3v) is 4.77. The van der Waals surface area contributed by atoms with Gasteiger partial charge in [-0.05, 0) is 31.4 Å². The fourth-order valence-corrected chi connectivity index (χ4v) is 3.26. The summed E-state index contributed by atoms with van der Waals surface area (Å²) in [4.78, 5) is 39.4. The molecule has 0 bridgehead atoms. The van der Waals surface area contributed by atoms with E-state index in [-0.39, 0.29) is 11.5 Å². The number of nitrogens with one attached hydrogen (secondary N) is 1. The van der Waals surface area contributed by atoms with Crippen LogP contribution in [0.5, 0.6) is 0 Å². The van der Waals surface area contributed by atoms with Gasteiger partial charge in [0, 0.05) is 20.1 Å².